The first kappa shape index (κ1) is 35.4. The van der Waals surface area contributed by atoms with Gasteiger partial charge in [-0.1, -0.05) is 48.6 Å². The first-order valence-electron chi connectivity index (χ1n) is 15.1. The number of benzene rings is 1. The van der Waals surface area contributed by atoms with E-state index in [0.29, 0.717) is 49.5 Å². The number of halogens is 1. The zero-order valence-electron chi connectivity index (χ0n) is 25.4. The van der Waals surface area contributed by atoms with Crippen LogP contribution in [0.3, 0.4) is 0 Å². The number of rotatable bonds is 15. The summed E-state index contributed by atoms with van der Waals surface area (Å²) in [4.78, 5) is 43.1. The van der Waals surface area contributed by atoms with Gasteiger partial charge in [-0.05, 0) is 61.4 Å². The lowest BCUT2D eigenvalue weighted by atomic mass is 10.1. The standard InChI is InChI=1S/C31H45ClN6O5S/c1-3-4-5-8-23(2)22-44(42,43)36-27(9-6-11-29(39)37-17-14-34-15-18-37)31(41)38-16-7-10-28(38)30(40)35-21-25-19-26(32)13-12-24(25)20-33/h3-5,8,12-13,19,27-28,34,36H,2,6-7,9-11,14-18,20-22,33H2,1H3,(H,35,40). The smallest absolute Gasteiger partial charge is 0.243 e. The summed E-state index contributed by atoms with van der Waals surface area (Å²) in [5.74, 6) is -1.24. The van der Waals surface area contributed by atoms with Gasteiger partial charge in [0.05, 0.1) is 5.75 Å². The van der Waals surface area contributed by atoms with Gasteiger partial charge in [-0.15, -0.1) is 0 Å². The van der Waals surface area contributed by atoms with Crippen LogP contribution in [0.2, 0.25) is 5.02 Å². The molecule has 44 heavy (non-hydrogen) atoms. The zero-order valence-corrected chi connectivity index (χ0v) is 27.0. The number of nitrogens with one attached hydrogen (secondary N) is 3. The molecular formula is C31H45ClN6O5S. The number of hydrogen-bond acceptors (Lipinski definition) is 7. The van der Waals surface area contributed by atoms with Crippen molar-refractivity contribution in [2.75, 3.05) is 38.5 Å². The van der Waals surface area contributed by atoms with Gasteiger partial charge in [0.2, 0.25) is 27.7 Å². The molecule has 2 atom stereocenters. The number of likely N-dealkylation sites (tertiary alicyclic amines) is 1. The van der Waals surface area contributed by atoms with Gasteiger partial charge in [0.1, 0.15) is 12.1 Å². The summed E-state index contributed by atoms with van der Waals surface area (Å²) in [7, 11) is -3.96. The first-order chi connectivity index (χ1) is 21.0. The van der Waals surface area contributed by atoms with E-state index < -0.39 is 33.8 Å². The van der Waals surface area contributed by atoms with E-state index in [1.807, 2.05) is 19.1 Å². The molecule has 0 radical (unpaired) electrons. The molecule has 13 heteroatoms. The number of carbonyl (C=O) groups is 3. The molecule has 5 N–H and O–H groups in total. The molecule has 0 bridgehead atoms. The molecule has 1 aromatic rings. The molecule has 2 aliphatic rings. The molecule has 3 rings (SSSR count). The van der Waals surface area contributed by atoms with E-state index in [1.54, 1.807) is 35.3 Å². The topological polar surface area (TPSA) is 154 Å². The molecule has 11 nitrogen and oxygen atoms in total. The van der Waals surface area contributed by atoms with Gasteiger partial charge in [-0.25, -0.2) is 13.1 Å². The van der Waals surface area contributed by atoms with E-state index in [1.165, 1.54) is 4.90 Å². The van der Waals surface area contributed by atoms with Crippen LogP contribution < -0.4 is 21.1 Å². The van der Waals surface area contributed by atoms with E-state index >= 15 is 0 Å². The number of sulfonamides is 1. The molecule has 3 amide bonds. The SMILES string of the molecule is C=C(C=CC=CC)CS(=O)(=O)NC(CCCC(=O)N1CCNCC1)C(=O)N1CCCC1C(=O)NCc1cc(Cl)ccc1CN. The van der Waals surface area contributed by atoms with Crippen LogP contribution in [0.25, 0.3) is 0 Å². The molecule has 0 spiro atoms. The Bertz CT molecular complexity index is 1340. The van der Waals surface area contributed by atoms with Gasteiger partial charge in [-0.2, -0.15) is 0 Å². The van der Waals surface area contributed by atoms with Crippen LogP contribution in [0.4, 0.5) is 0 Å². The fraction of sp³-hybridized carbons (Fsp3) is 0.516. The van der Waals surface area contributed by atoms with Crippen molar-refractivity contribution >= 4 is 39.3 Å². The average Bonchev–Trinajstić information content (AvgIpc) is 3.49. The van der Waals surface area contributed by atoms with Crippen molar-refractivity contribution in [2.24, 2.45) is 5.73 Å². The van der Waals surface area contributed by atoms with E-state index in [2.05, 4.69) is 21.9 Å². The molecule has 2 unspecified atom stereocenters. The summed E-state index contributed by atoms with van der Waals surface area (Å²) < 4.78 is 28.8. The van der Waals surface area contributed by atoms with Crippen molar-refractivity contribution in [3.05, 3.63) is 70.8 Å². The lowest BCUT2D eigenvalue weighted by Gasteiger charge is -2.29. The van der Waals surface area contributed by atoms with Gasteiger partial charge in [0.15, 0.2) is 0 Å². The predicted octanol–water partition coefficient (Wildman–Crippen LogP) is 1.98. The molecule has 0 aromatic heterocycles. The van der Waals surface area contributed by atoms with E-state index in [4.69, 9.17) is 17.3 Å². The quantitative estimate of drug-likeness (QED) is 0.212. The number of nitrogens with two attached hydrogens (primary N) is 1. The number of nitrogens with zero attached hydrogens (tertiary/aromatic N) is 2. The summed E-state index contributed by atoms with van der Waals surface area (Å²) in [5, 5.41) is 6.62. The fourth-order valence-electron chi connectivity index (χ4n) is 5.38. The van der Waals surface area contributed by atoms with Crippen LogP contribution in [0, 0.1) is 0 Å². The Morgan fingerprint density at radius 3 is 2.64 bits per heavy atom. The highest BCUT2D eigenvalue weighted by Gasteiger charge is 2.38. The third-order valence-electron chi connectivity index (χ3n) is 7.66. The summed E-state index contributed by atoms with van der Waals surface area (Å²) >= 11 is 6.14. The maximum atomic E-state index is 13.9. The van der Waals surface area contributed by atoms with Crippen molar-refractivity contribution in [3.8, 4) is 0 Å². The number of allylic oxidation sites excluding steroid dienone is 4. The van der Waals surface area contributed by atoms with Crippen molar-refractivity contribution < 1.29 is 22.8 Å². The maximum absolute atomic E-state index is 13.9. The highest BCUT2D eigenvalue weighted by atomic mass is 35.5. The highest BCUT2D eigenvalue weighted by Crippen LogP contribution is 2.22. The summed E-state index contributed by atoms with van der Waals surface area (Å²) in [6, 6.07) is 3.41. The summed E-state index contributed by atoms with van der Waals surface area (Å²) in [6.07, 6.45) is 8.52. The third-order valence-corrected chi connectivity index (χ3v) is 9.29. The Kier molecular flexibility index (Phi) is 14.1. The minimum absolute atomic E-state index is 0.0284. The fourth-order valence-corrected chi connectivity index (χ4v) is 6.89. The van der Waals surface area contributed by atoms with Gasteiger partial charge in [-0.3, -0.25) is 14.4 Å². The van der Waals surface area contributed by atoms with Crippen LogP contribution in [-0.4, -0.2) is 86.5 Å². The monoisotopic (exact) mass is 648 g/mol. The molecule has 2 heterocycles. The van der Waals surface area contributed by atoms with E-state index in [-0.39, 0.29) is 37.7 Å². The predicted molar refractivity (Wildman–Crippen MR) is 173 cm³/mol. The van der Waals surface area contributed by atoms with Gasteiger partial charge in [0.25, 0.3) is 0 Å². The molecule has 0 saturated carbocycles. The molecule has 2 fully saturated rings. The third kappa shape index (κ3) is 10.8. The Balaban J connectivity index is 1.71. The van der Waals surface area contributed by atoms with Crippen LogP contribution in [0.1, 0.15) is 50.2 Å². The first-order valence-corrected chi connectivity index (χ1v) is 17.1. The van der Waals surface area contributed by atoms with Crippen molar-refractivity contribution in [1.82, 2.24) is 25.2 Å². The second kappa shape index (κ2) is 17.5. The molecular weight excluding hydrogens is 604 g/mol. The average molecular weight is 649 g/mol. The number of piperazine rings is 1. The summed E-state index contributed by atoms with van der Waals surface area (Å²) in [6.45, 7) is 9.13. The largest absolute Gasteiger partial charge is 0.350 e. The second-order valence-electron chi connectivity index (χ2n) is 11.0. The second-order valence-corrected chi connectivity index (χ2v) is 13.2. The molecule has 2 saturated heterocycles. The minimum Gasteiger partial charge on any atom is -0.350 e. The maximum Gasteiger partial charge on any atom is 0.243 e. The van der Waals surface area contributed by atoms with Gasteiger partial charge >= 0.3 is 0 Å². The molecule has 2 aliphatic heterocycles. The zero-order chi connectivity index (χ0) is 32.1. The molecule has 0 aliphatic carbocycles. The lowest BCUT2D eigenvalue weighted by molar-refractivity contribution is -0.140. The Labute approximate surface area is 266 Å². The molecule has 242 valence electrons. The highest BCUT2D eigenvalue weighted by molar-refractivity contribution is 7.89. The number of carbonyl (C=O) groups excluding carboxylic acids is 3. The number of amides is 3. The van der Waals surface area contributed by atoms with Crippen molar-refractivity contribution in [2.45, 2.75) is 64.2 Å². The van der Waals surface area contributed by atoms with Crippen LogP contribution in [0.5, 0.6) is 0 Å². The summed E-state index contributed by atoms with van der Waals surface area (Å²) in [5.41, 5.74) is 7.82. The lowest BCUT2D eigenvalue weighted by Crippen LogP contribution is -2.53. The Morgan fingerprint density at radius 2 is 1.93 bits per heavy atom. The van der Waals surface area contributed by atoms with Crippen LogP contribution >= 0.6 is 11.6 Å². The van der Waals surface area contributed by atoms with Crippen molar-refractivity contribution in [1.29, 1.82) is 0 Å². The number of hydrogen-bond donors (Lipinski definition) is 4. The minimum atomic E-state index is -3.96. The van der Waals surface area contributed by atoms with Crippen LogP contribution in [0.15, 0.2) is 54.7 Å². The van der Waals surface area contributed by atoms with Gasteiger partial charge in [0, 0.05) is 57.3 Å². The van der Waals surface area contributed by atoms with E-state index in [9.17, 15) is 22.8 Å². The normalized spacial score (nSPS) is 18.2. The van der Waals surface area contributed by atoms with Crippen molar-refractivity contribution in [3.63, 3.8) is 0 Å². The van der Waals surface area contributed by atoms with E-state index in [0.717, 1.165) is 24.2 Å². The molecule has 1 aromatic carbocycles. The Hall–Kier alpha value is -3.03. The van der Waals surface area contributed by atoms with Crippen LogP contribution in [-0.2, 0) is 37.5 Å². The van der Waals surface area contributed by atoms with Gasteiger partial charge < -0.3 is 26.2 Å². The Morgan fingerprint density at radius 1 is 1.18 bits per heavy atom.